The topological polar surface area (TPSA) is 49.3 Å². The van der Waals surface area contributed by atoms with Crippen LogP contribution in [-0.2, 0) is 6.54 Å². The molecule has 2 aromatic carbocycles. The summed E-state index contributed by atoms with van der Waals surface area (Å²) in [5.74, 6) is 0.991. The Labute approximate surface area is 165 Å². The van der Waals surface area contributed by atoms with Crippen molar-refractivity contribution in [2.45, 2.75) is 12.5 Å². The molecule has 138 valence electrons. The fraction of sp³-hybridized carbons (Fsp3) is 0.182. The Morgan fingerprint density at radius 2 is 1.56 bits per heavy atom. The second kappa shape index (κ2) is 9.74. The maximum Gasteiger partial charge on any atom is 0.191 e. The Morgan fingerprint density at radius 3 is 2.07 bits per heavy atom. The normalized spacial score (nSPS) is 11.4. The van der Waals surface area contributed by atoms with E-state index in [0.29, 0.717) is 11.7 Å². The van der Waals surface area contributed by atoms with Crippen molar-refractivity contribution < 1.29 is 0 Å². The van der Waals surface area contributed by atoms with Gasteiger partial charge in [-0.25, -0.2) is 4.98 Å². The molecule has 0 fully saturated rings. The Morgan fingerprint density at radius 1 is 0.926 bits per heavy atom. The number of hydrogen-bond acceptors (Lipinski definition) is 2. The van der Waals surface area contributed by atoms with Crippen LogP contribution in [0.5, 0.6) is 0 Å². The smallest absolute Gasteiger partial charge is 0.191 e. The van der Waals surface area contributed by atoms with Crippen molar-refractivity contribution in [2.24, 2.45) is 4.99 Å². The summed E-state index contributed by atoms with van der Waals surface area (Å²) in [6.45, 7) is 1.37. The third-order valence-corrected chi connectivity index (χ3v) is 4.57. The first-order valence-corrected chi connectivity index (χ1v) is 9.29. The van der Waals surface area contributed by atoms with E-state index in [0.717, 1.165) is 18.1 Å². The molecule has 27 heavy (non-hydrogen) atoms. The van der Waals surface area contributed by atoms with E-state index in [2.05, 4.69) is 69.1 Å². The van der Waals surface area contributed by atoms with Crippen LogP contribution in [0.3, 0.4) is 0 Å². The van der Waals surface area contributed by atoms with Crippen molar-refractivity contribution in [1.29, 1.82) is 0 Å². The number of aromatic nitrogens is 1. The van der Waals surface area contributed by atoms with Gasteiger partial charge in [0, 0.05) is 32.3 Å². The Bertz CT molecular complexity index is 809. The SMILES string of the molecule is CN=C(NCc1ccc(Cl)nc1)NCC(c1ccccc1)c1ccccc1. The molecule has 2 N–H and O–H groups in total. The lowest BCUT2D eigenvalue weighted by molar-refractivity contribution is 0.727. The molecule has 0 aliphatic rings. The van der Waals surface area contributed by atoms with Gasteiger partial charge in [0.2, 0.25) is 0 Å². The van der Waals surface area contributed by atoms with Crippen molar-refractivity contribution in [3.05, 3.63) is 101 Å². The van der Waals surface area contributed by atoms with Gasteiger partial charge in [-0.1, -0.05) is 78.3 Å². The molecule has 0 bridgehead atoms. The molecule has 0 amide bonds. The number of aliphatic imine (C=N–C) groups is 1. The van der Waals surface area contributed by atoms with Crippen molar-refractivity contribution in [3.8, 4) is 0 Å². The molecule has 0 aliphatic heterocycles. The molecule has 4 nitrogen and oxygen atoms in total. The molecule has 3 aromatic rings. The predicted octanol–water partition coefficient (Wildman–Crippen LogP) is 4.23. The minimum Gasteiger partial charge on any atom is -0.355 e. The highest BCUT2D eigenvalue weighted by molar-refractivity contribution is 6.29. The Kier molecular flexibility index (Phi) is 6.83. The quantitative estimate of drug-likeness (QED) is 0.383. The molecule has 1 heterocycles. The van der Waals surface area contributed by atoms with Crippen molar-refractivity contribution in [2.75, 3.05) is 13.6 Å². The molecule has 0 saturated heterocycles. The van der Waals surface area contributed by atoms with Gasteiger partial charge in [-0.15, -0.1) is 0 Å². The zero-order valence-corrected chi connectivity index (χ0v) is 16.0. The number of hydrogen-bond donors (Lipinski definition) is 2. The molecule has 3 rings (SSSR count). The summed E-state index contributed by atoms with van der Waals surface area (Å²) < 4.78 is 0. The average molecular weight is 379 g/mol. The highest BCUT2D eigenvalue weighted by Crippen LogP contribution is 2.23. The van der Waals surface area contributed by atoms with Gasteiger partial charge in [0.15, 0.2) is 5.96 Å². The van der Waals surface area contributed by atoms with Crippen LogP contribution < -0.4 is 10.6 Å². The Balaban J connectivity index is 1.65. The van der Waals surface area contributed by atoms with Crippen LogP contribution in [0.25, 0.3) is 0 Å². The van der Waals surface area contributed by atoms with Crippen LogP contribution in [0.2, 0.25) is 5.15 Å². The summed E-state index contributed by atoms with van der Waals surface area (Å²) in [6, 6.07) is 24.8. The first-order chi connectivity index (χ1) is 13.3. The van der Waals surface area contributed by atoms with Crippen molar-refractivity contribution in [1.82, 2.24) is 15.6 Å². The largest absolute Gasteiger partial charge is 0.355 e. The number of nitrogens with one attached hydrogen (secondary N) is 2. The molecular weight excluding hydrogens is 356 g/mol. The van der Waals surface area contributed by atoms with Gasteiger partial charge in [-0.05, 0) is 22.8 Å². The summed E-state index contributed by atoms with van der Waals surface area (Å²) in [7, 11) is 1.77. The summed E-state index contributed by atoms with van der Waals surface area (Å²) >= 11 is 5.84. The van der Waals surface area contributed by atoms with Gasteiger partial charge in [0.25, 0.3) is 0 Å². The number of guanidine groups is 1. The zero-order valence-electron chi connectivity index (χ0n) is 15.3. The van der Waals surface area contributed by atoms with E-state index in [4.69, 9.17) is 11.6 Å². The average Bonchev–Trinajstić information content (AvgIpc) is 2.73. The Hall–Kier alpha value is -2.85. The van der Waals surface area contributed by atoms with Gasteiger partial charge in [0.05, 0.1) is 0 Å². The lowest BCUT2D eigenvalue weighted by Gasteiger charge is -2.20. The molecule has 0 aliphatic carbocycles. The molecule has 0 atom stereocenters. The molecule has 0 radical (unpaired) electrons. The summed E-state index contributed by atoms with van der Waals surface area (Å²) in [6.07, 6.45) is 1.76. The zero-order chi connectivity index (χ0) is 18.9. The highest BCUT2D eigenvalue weighted by Gasteiger charge is 2.14. The predicted molar refractivity (Wildman–Crippen MR) is 112 cm³/mol. The number of pyridine rings is 1. The van der Waals surface area contributed by atoms with Gasteiger partial charge in [-0.2, -0.15) is 0 Å². The third-order valence-electron chi connectivity index (χ3n) is 4.35. The van der Waals surface area contributed by atoms with Crippen molar-refractivity contribution >= 4 is 17.6 Å². The van der Waals surface area contributed by atoms with Crippen LogP contribution in [0, 0.1) is 0 Å². The van der Waals surface area contributed by atoms with E-state index in [9.17, 15) is 0 Å². The van der Waals surface area contributed by atoms with E-state index >= 15 is 0 Å². The van der Waals surface area contributed by atoms with Crippen LogP contribution >= 0.6 is 11.6 Å². The number of benzene rings is 2. The monoisotopic (exact) mass is 378 g/mol. The minimum absolute atomic E-state index is 0.239. The van der Waals surface area contributed by atoms with E-state index in [1.54, 1.807) is 19.3 Å². The van der Waals surface area contributed by atoms with Crippen LogP contribution in [0.1, 0.15) is 22.6 Å². The lowest BCUT2D eigenvalue weighted by atomic mass is 9.91. The van der Waals surface area contributed by atoms with E-state index in [1.807, 2.05) is 18.2 Å². The molecule has 0 saturated carbocycles. The summed E-state index contributed by atoms with van der Waals surface area (Å²) in [4.78, 5) is 8.43. The maximum absolute atomic E-state index is 5.84. The molecule has 0 unspecified atom stereocenters. The van der Waals surface area contributed by atoms with E-state index in [1.165, 1.54) is 11.1 Å². The number of rotatable bonds is 6. The van der Waals surface area contributed by atoms with Gasteiger partial charge in [-0.3, -0.25) is 4.99 Å². The third kappa shape index (κ3) is 5.56. The maximum atomic E-state index is 5.84. The van der Waals surface area contributed by atoms with Crippen molar-refractivity contribution in [3.63, 3.8) is 0 Å². The minimum atomic E-state index is 0.239. The second-order valence-corrected chi connectivity index (χ2v) is 6.56. The van der Waals surface area contributed by atoms with Gasteiger partial charge >= 0.3 is 0 Å². The van der Waals surface area contributed by atoms with Crippen LogP contribution in [0.15, 0.2) is 84.0 Å². The van der Waals surface area contributed by atoms with E-state index < -0.39 is 0 Å². The van der Waals surface area contributed by atoms with Gasteiger partial charge in [0.1, 0.15) is 5.15 Å². The highest BCUT2D eigenvalue weighted by atomic mass is 35.5. The van der Waals surface area contributed by atoms with Gasteiger partial charge < -0.3 is 10.6 Å². The summed E-state index contributed by atoms with van der Waals surface area (Å²) in [5, 5.41) is 7.25. The fourth-order valence-electron chi connectivity index (χ4n) is 2.91. The standard InChI is InChI=1S/C22H23ClN4/c1-24-22(26-15-17-12-13-21(23)25-14-17)27-16-20(18-8-4-2-5-9-18)19-10-6-3-7-11-19/h2-14,20H,15-16H2,1H3,(H2,24,26,27). The first kappa shape index (κ1) is 18.9. The van der Waals surface area contributed by atoms with Crippen LogP contribution in [0.4, 0.5) is 0 Å². The number of nitrogens with zero attached hydrogens (tertiary/aromatic N) is 2. The molecule has 1 aromatic heterocycles. The molecule has 0 spiro atoms. The lowest BCUT2D eigenvalue weighted by Crippen LogP contribution is -2.39. The van der Waals surface area contributed by atoms with Crippen LogP contribution in [-0.4, -0.2) is 24.5 Å². The second-order valence-electron chi connectivity index (χ2n) is 6.17. The van der Waals surface area contributed by atoms with E-state index in [-0.39, 0.29) is 5.92 Å². The first-order valence-electron chi connectivity index (χ1n) is 8.91. The fourth-order valence-corrected chi connectivity index (χ4v) is 3.03. The molecule has 5 heteroatoms. The summed E-state index contributed by atoms with van der Waals surface area (Å²) in [5.41, 5.74) is 3.59. The number of halogens is 1. The molecular formula is C22H23ClN4.